The van der Waals surface area contributed by atoms with Gasteiger partial charge < -0.3 is 20.7 Å². The van der Waals surface area contributed by atoms with Crippen molar-refractivity contribution in [3.63, 3.8) is 0 Å². The molecular weight excluding hydrogens is 318 g/mol. The molecule has 3 N–H and O–H groups in total. The van der Waals surface area contributed by atoms with E-state index in [0.29, 0.717) is 36.4 Å². The summed E-state index contributed by atoms with van der Waals surface area (Å²) in [6.07, 6.45) is 0.967. The van der Waals surface area contributed by atoms with Gasteiger partial charge in [0.25, 0.3) is 5.91 Å². The summed E-state index contributed by atoms with van der Waals surface area (Å²) in [4.78, 5) is 25.4. The Bertz CT molecular complexity index is 533. The Kier molecular flexibility index (Phi) is 9.29. The summed E-state index contributed by atoms with van der Waals surface area (Å²) in [5, 5.41) is 2.80. The van der Waals surface area contributed by atoms with E-state index in [2.05, 4.69) is 5.32 Å². The molecule has 0 spiro atoms. The van der Waals surface area contributed by atoms with Crippen molar-refractivity contribution >= 4 is 29.9 Å². The minimum absolute atomic E-state index is 0. The van der Waals surface area contributed by atoms with E-state index in [0.717, 1.165) is 0 Å². The van der Waals surface area contributed by atoms with Gasteiger partial charge in [0.2, 0.25) is 5.91 Å². The average Bonchev–Trinajstić information content (AvgIpc) is 2.46. The average molecular weight is 344 g/mol. The van der Waals surface area contributed by atoms with Crippen molar-refractivity contribution < 1.29 is 14.3 Å². The van der Waals surface area contributed by atoms with Crippen LogP contribution in [0.3, 0.4) is 0 Å². The molecule has 0 bridgehead atoms. The number of rotatable bonds is 7. The van der Waals surface area contributed by atoms with Gasteiger partial charge in [0.1, 0.15) is 5.75 Å². The molecule has 0 saturated carbocycles. The zero-order valence-electron chi connectivity index (χ0n) is 14.1. The number of nitrogens with zero attached hydrogens (tertiary/aromatic N) is 1. The number of benzene rings is 1. The summed E-state index contributed by atoms with van der Waals surface area (Å²) in [5.41, 5.74) is 6.72. The van der Waals surface area contributed by atoms with Gasteiger partial charge >= 0.3 is 0 Å². The van der Waals surface area contributed by atoms with Crippen LogP contribution in [0.5, 0.6) is 5.75 Å². The Balaban J connectivity index is 0.00000484. The van der Waals surface area contributed by atoms with Crippen molar-refractivity contribution in [1.82, 2.24) is 4.90 Å². The summed E-state index contributed by atoms with van der Waals surface area (Å²) in [5.74, 6) is 0.255. The van der Waals surface area contributed by atoms with Gasteiger partial charge in [-0.3, -0.25) is 9.59 Å². The van der Waals surface area contributed by atoms with E-state index in [9.17, 15) is 9.59 Å². The highest BCUT2D eigenvalue weighted by Crippen LogP contribution is 2.26. The molecule has 7 heteroatoms. The lowest BCUT2D eigenvalue weighted by Crippen LogP contribution is -2.22. The first-order chi connectivity index (χ1) is 10.3. The van der Waals surface area contributed by atoms with E-state index in [4.69, 9.17) is 10.5 Å². The SMILES string of the molecule is CCOc1cc(C(=O)N(C)C)ccc1NC(=O)CCC(C)N.Cl. The highest BCUT2D eigenvalue weighted by Gasteiger charge is 2.14. The van der Waals surface area contributed by atoms with E-state index < -0.39 is 0 Å². The molecule has 1 atom stereocenters. The van der Waals surface area contributed by atoms with Gasteiger partial charge in [-0.1, -0.05) is 0 Å². The van der Waals surface area contributed by atoms with Crippen LogP contribution in [-0.2, 0) is 4.79 Å². The lowest BCUT2D eigenvalue weighted by molar-refractivity contribution is -0.116. The van der Waals surface area contributed by atoms with Crippen LogP contribution in [-0.4, -0.2) is 43.5 Å². The minimum atomic E-state index is -0.120. The summed E-state index contributed by atoms with van der Waals surface area (Å²) in [7, 11) is 3.37. The Morgan fingerprint density at radius 2 is 2.00 bits per heavy atom. The van der Waals surface area contributed by atoms with Gasteiger partial charge in [-0.2, -0.15) is 0 Å². The summed E-state index contributed by atoms with van der Waals surface area (Å²) in [6, 6.07) is 4.99. The van der Waals surface area contributed by atoms with Crippen LogP contribution < -0.4 is 15.8 Å². The van der Waals surface area contributed by atoms with Crippen LogP contribution in [0.4, 0.5) is 5.69 Å². The predicted octanol–water partition coefficient (Wildman–Crippen LogP) is 2.27. The second-order valence-electron chi connectivity index (χ2n) is 5.41. The van der Waals surface area contributed by atoms with Crippen LogP contribution in [0, 0.1) is 0 Å². The third-order valence-corrected chi connectivity index (χ3v) is 3.04. The van der Waals surface area contributed by atoms with Gasteiger partial charge in [-0.15, -0.1) is 12.4 Å². The molecule has 0 aromatic heterocycles. The fourth-order valence-electron chi connectivity index (χ4n) is 1.86. The number of hydrogen-bond donors (Lipinski definition) is 2. The maximum atomic E-state index is 12.0. The molecule has 2 amide bonds. The number of nitrogens with two attached hydrogens (primary N) is 1. The molecule has 6 nitrogen and oxygen atoms in total. The van der Waals surface area contributed by atoms with E-state index in [1.165, 1.54) is 4.90 Å². The Morgan fingerprint density at radius 1 is 1.35 bits per heavy atom. The van der Waals surface area contributed by atoms with Crippen molar-refractivity contribution in [2.45, 2.75) is 32.7 Å². The summed E-state index contributed by atoms with van der Waals surface area (Å²) in [6.45, 7) is 4.16. The highest BCUT2D eigenvalue weighted by molar-refractivity contribution is 5.97. The van der Waals surface area contributed by atoms with E-state index >= 15 is 0 Å². The number of carbonyl (C=O) groups is 2. The molecular formula is C16H26ClN3O3. The Hall–Kier alpha value is -1.79. The fourth-order valence-corrected chi connectivity index (χ4v) is 1.86. The molecule has 1 aromatic rings. The first-order valence-corrected chi connectivity index (χ1v) is 7.39. The molecule has 0 fully saturated rings. The number of hydrogen-bond acceptors (Lipinski definition) is 4. The summed E-state index contributed by atoms with van der Waals surface area (Å²) >= 11 is 0. The van der Waals surface area contributed by atoms with Crippen molar-refractivity contribution in [2.24, 2.45) is 5.73 Å². The molecule has 0 saturated heterocycles. The molecule has 0 aliphatic carbocycles. The quantitative estimate of drug-likeness (QED) is 0.795. The molecule has 1 rings (SSSR count). The molecule has 1 unspecified atom stereocenters. The van der Waals surface area contributed by atoms with Gasteiger partial charge in [0.15, 0.2) is 0 Å². The normalized spacial score (nSPS) is 11.2. The molecule has 0 heterocycles. The minimum Gasteiger partial charge on any atom is -0.492 e. The van der Waals surface area contributed by atoms with Crippen LogP contribution >= 0.6 is 12.4 Å². The van der Waals surface area contributed by atoms with Crippen LogP contribution in [0.25, 0.3) is 0 Å². The molecule has 1 aromatic carbocycles. The summed E-state index contributed by atoms with van der Waals surface area (Å²) < 4.78 is 5.52. The number of amides is 2. The van der Waals surface area contributed by atoms with Crippen molar-refractivity contribution in [3.8, 4) is 5.75 Å². The second kappa shape index (κ2) is 10.1. The molecule has 23 heavy (non-hydrogen) atoms. The van der Waals surface area contributed by atoms with Gasteiger partial charge in [0, 0.05) is 32.1 Å². The van der Waals surface area contributed by atoms with E-state index in [1.807, 2.05) is 13.8 Å². The zero-order chi connectivity index (χ0) is 16.7. The number of halogens is 1. The Morgan fingerprint density at radius 3 is 2.52 bits per heavy atom. The van der Waals surface area contributed by atoms with Gasteiger partial charge in [0.05, 0.1) is 12.3 Å². The topological polar surface area (TPSA) is 84.7 Å². The van der Waals surface area contributed by atoms with Crippen LogP contribution in [0.2, 0.25) is 0 Å². The third kappa shape index (κ3) is 6.88. The lowest BCUT2D eigenvalue weighted by Gasteiger charge is -2.15. The standard InChI is InChI=1S/C16H25N3O3.ClH/c1-5-22-14-10-12(16(21)19(3)4)7-8-13(14)18-15(20)9-6-11(2)17;/h7-8,10-11H,5-6,9,17H2,1-4H3,(H,18,20);1H. The monoisotopic (exact) mass is 343 g/mol. The lowest BCUT2D eigenvalue weighted by atomic mass is 10.1. The predicted molar refractivity (Wildman–Crippen MR) is 94.4 cm³/mol. The van der Waals surface area contributed by atoms with Gasteiger partial charge in [-0.05, 0) is 38.5 Å². The van der Waals surface area contributed by atoms with E-state index in [1.54, 1.807) is 32.3 Å². The van der Waals surface area contributed by atoms with Gasteiger partial charge in [-0.25, -0.2) is 0 Å². The maximum absolute atomic E-state index is 12.0. The maximum Gasteiger partial charge on any atom is 0.253 e. The smallest absolute Gasteiger partial charge is 0.253 e. The zero-order valence-corrected chi connectivity index (χ0v) is 14.9. The number of carbonyl (C=O) groups excluding carboxylic acids is 2. The van der Waals surface area contributed by atoms with Crippen molar-refractivity contribution in [3.05, 3.63) is 23.8 Å². The van der Waals surface area contributed by atoms with E-state index in [-0.39, 0.29) is 30.3 Å². The number of nitrogens with one attached hydrogen (secondary N) is 1. The van der Waals surface area contributed by atoms with Crippen LogP contribution in [0.1, 0.15) is 37.0 Å². The first-order valence-electron chi connectivity index (χ1n) is 7.39. The first kappa shape index (κ1) is 21.2. The Labute approximate surface area is 143 Å². The highest BCUT2D eigenvalue weighted by atomic mass is 35.5. The fraction of sp³-hybridized carbons (Fsp3) is 0.500. The molecule has 0 aliphatic heterocycles. The molecule has 0 aliphatic rings. The third-order valence-electron chi connectivity index (χ3n) is 3.04. The second-order valence-corrected chi connectivity index (χ2v) is 5.41. The molecule has 0 radical (unpaired) electrons. The number of ether oxygens (including phenoxy) is 1. The number of anilines is 1. The van der Waals surface area contributed by atoms with Crippen molar-refractivity contribution in [2.75, 3.05) is 26.0 Å². The van der Waals surface area contributed by atoms with Crippen LogP contribution in [0.15, 0.2) is 18.2 Å². The largest absolute Gasteiger partial charge is 0.492 e. The molecule has 130 valence electrons. The van der Waals surface area contributed by atoms with Crippen molar-refractivity contribution in [1.29, 1.82) is 0 Å².